The summed E-state index contributed by atoms with van der Waals surface area (Å²) in [4.78, 5) is 4.47. The molecule has 1 N–H and O–H groups in total. The van der Waals surface area contributed by atoms with Crippen LogP contribution in [0.5, 0.6) is 11.8 Å². The highest BCUT2D eigenvalue weighted by molar-refractivity contribution is 5.89. The molecule has 0 bridgehead atoms. The number of aryl methyl sites for hydroxylation is 2. The van der Waals surface area contributed by atoms with Crippen LogP contribution in [0.15, 0.2) is 36.5 Å². The Hall–Kier alpha value is -2.40. The van der Waals surface area contributed by atoms with E-state index in [-0.39, 0.29) is 0 Å². The summed E-state index contributed by atoms with van der Waals surface area (Å²) in [6, 6.07) is 10.0. The van der Waals surface area contributed by atoms with Crippen LogP contribution in [0.4, 0.5) is 0 Å². The summed E-state index contributed by atoms with van der Waals surface area (Å²) in [6.45, 7) is 2.72. The van der Waals surface area contributed by atoms with Crippen LogP contribution in [0, 0.1) is 6.92 Å². The second kappa shape index (κ2) is 5.54. The molecular formula is C16H18N4O. The van der Waals surface area contributed by atoms with Gasteiger partial charge in [-0.3, -0.25) is 0 Å². The first kappa shape index (κ1) is 13.6. The molecular weight excluding hydrogens is 264 g/mol. The number of pyridine rings is 1. The molecule has 2 heterocycles. The molecule has 0 aliphatic carbocycles. The number of hydrogen-bond donors (Lipinski definition) is 1. The Bertz CT molecular complexity index is 779. The molecule has 5 nitrogen and oxygen atoms in total. The Morgan fingerprint density at radius 2 is 2.00 bits per heavy atom. The third-order valence-corrected chi connectivity index (χ3v) is 3.37. The zero-order valence-corrected chi connectivity index (χ0v) is 12.4. The van der Waals surface area contributed by atoms with E-state index in [0.717, 1.165) is 28.6 Å². The van der Waals surface area contributed by atoms with E-state index in [4.69, 9.17) is 4.74 Å². The van der Waals surface area contributed by atoms with Crippen LogP contribution in [0.1, 0.15) is 11.3 Å². The van der Waals surface area contributed by atoms with Crippen molar-refractivity contribution in [3.63, 3.8) is 0 Å². The van der Waals surface area contributed by atoms with E-state index in [9.17, 15) is 0 Å². The lowest BCUT2D eigenvalue weighted by Crippen LogP contribution is -2.06. The summed E-state index contributed by atoms with van der Waals surface area (Å²) in [5, 5.41) is 9.60. The number of benzene rings is 1. The molecule has 3 rings (SSSR count). The summed E-state index contributed by atoms with van der Waals surface area (Å²) in [7, 11) is 3.79. The van der Waals surface area contributed by atoms with E-state index in [1.165, 1.54) is 0 Å². The fourth-order valence-electron chi connectivity index (χ4n) is 2.42. The molecule has 0 spiro atoms. The van der Waals surface area contributed by atoms with Gasteiger partial charge in [0.2, 0.25) is 11.8 Å². The fraction of sp³-hybridized carbons (Fsp3) is 0.250. The predicted molar refractivity (Wildman–Crippen MR) is 82.5 cm³/mol. The van der Waals surface area contributed by atoms with Crippen molar-refractivity contribution in [2.75, 3.05) is 7.05 Å². The molecule has 0 aliphatic heterocycles. The number of nitrogens with one attached hydrogen (secondary N) is 1. The third kappa shape index (κ3) is 2.60. The third-order valence-electron chi connectivity index (χ3n) is 3.37. The van der Waals surface area contributed by atoms with Crippen molar-refractivity contribution in [3.8, 4) is 11.8 Å². The summed E-state index contributed by atoms with van der Waals surface area (Å²) >= 11 is 0. The van der Waals surface area contributed by atoms with E-state index >= 15 is 0 Å². The molecule has 0 amide bonds. The first-order chi connectivity index (χ1) is 10.2. The molecule has 0 aliphatic rings. The number of fused-ring (bicyclic) bond motifs is 1. The predicted octanol–water partition coefficient (Wildman–Crippen LogP) is 2.79. The molecule has 3 aromatic rings. The van der Waals surface area contributed by atoms with E-state index in [2.05, 4.69) is 21.5 Å². The largest absolute Gasteiger partial charge is 0.420 e. The van der Waals surface area contributed by atoms with Crippen molar-refractivity contribution < 1.29 is 4.74 Å². The lowest BCUT2D eigenvalue weighted by Gasteiger charge is -2.11. The van der Waals surface area contributed by atoms with Crippen molar-refractivity contribution in [2.24, 2.45) is 7.05 Å². The van der Waals surface area contributed by atoms with Crippen molar-refractivity contribution in [3.05, 3.63) is 47.8 Å². The Morgan fingerprint density at radius 3 is 2.67 bits per heavy atom. The summed E-state index contributed by atoms with van der Waals surface area (Å²) in [5.41, 5.74) is 2.07. The minimum atomic E-state index is 0.605. The summed E-state index contributed by atoms with van der Waals surface area (Å²) < 4.78 is 7.66. The van der Waals surface area contributed by atoms with E-state index in [1.54, 1.807) is 4.68 Å². The molecule has 21 heavy (non-hydrogen) atoms. The second-order valence-corrected chi connectivity index (χ2v) is 5.01. The fourth-order valence-corrected chi connectivity index (χ4v) is 2.42. The van der Waals surface area contributed by atoms with Crippen LogP contribution in [0.25, 0.3) is 10.8 Å². The smallest absolute Gasteiger partial charge is 0.229 e. The van der Waals surface area contributed by atoms with Gasteiger partial charge in [-0.15, -0.1) is 0 Å². The van der Waals surface area contributed by atoms with Gasteiger partial charge in [0.05, 0.1) is 5.69 Å². The van der Waals surface area contributed by atoms with Gasteiger partial charge in [0, 0.05) is 31.2 Å². The molecule has 0 fully saturated rings. The SMILES string of the molecule is CNCc1cnc(Oc2cc(C)nn2C)c2ccccc12. The Morgan fingerprint density at radius 1 is 1.24 bits per heavy atom. The number of aromatic nitrogens is 3. The number of rotatable bonds is 4. The first-order valence-corrected chi connectivity index (χ1v) is 6.88. The van der Waals surface area contributed by atoms with Crippen molar-refractivity contribution in [2.45, 2.75) is 13.5 Å². The highest BCUT2D eigenvalue weighted by Crippen LogP contribution is 2.29. The zero-order valence-electron chi connectivity index (χ0n) is 12.4. The Kier molecular flexibility index (Phi) is 3.58. The highest BCUT2D eigenvalue weighted by Gasteiger charge is 2.11. The summed E-state index contributed by atoms with van der Waals surface area (Å²) in [5.74, 6) is 1.29. The second-order valence-electron chi connectivity index (χ2n) is 5.01. The maximum atomic E-state index is 5.95. The van der Waals surface area contributed by atoms with Crippen LogP contribution in [0.2, 0.25) is 0 Å². The molecule has 0 atom stereocenters. The first-order valence-electron chi connectivity index (χ1n) is 6.88. The van der Waals surface area contributed by atoms with Gasteiger partial charge in [-0.2, -0.15) is 5.10 Å². The van der Waals surface area contributed by atoms with Crippen LogP contribution in [-0.4, -0.2) is 21.8 Å². The normalized spacial score (nSPS) is 11.0. The van der Waals surface area contributed by atoms with Gasteiger partial charge in [-0.25, -0.2) is 9.67 Å². The number of nitrogens with zero attached hydrogens (tertiary/aromatic N) is 3. The van der Waals surface area contributed by atoms with Crippen LogP contribution < -0.4 is 10.1 Å². The molecule has 1 aromatic carbocycles. The van der Waals surface area contributed by atoms with Crippen LogP contribution in [-0.2, 0) is 13.6 Å². The number of hydrogen-bond acceptors (Lipinski definition) is 4. The molecule has 0 radical (unpaired) electrons. The van der Waals surface area contributed by atoms with Crippen molar-refractivity contribution >= 4 is 10.8 Å². The van der Waals surface area contributed by atoms with Gasteiger partial charge in [0.25, 0.3) is 0 Å². The molecule has 2 aromatic heterocycles. The van der Waals surface area contributed by atoms with Crippen LogP contribution >= 0.6 is 0 Å². The molecule has 0 saturated carbocycles. The van der Waals surface area contributed by atoms with Gasteiger partial charge < -0.3 is 10.1 Å². The zero-order chi connectivity index (χ0) is 14.8. The van der Waals surface area contributed by atoms with E-state index < -0.39 is 0 Å². The average molecular weight is 282 g/mol. The molecule has 0 unspecified atom stereocenters. The highest BCUT2D eigenvalue weighted by atomic mass is 16.5. The quantitative estimate of drug-likeness (QED) is 0.799. The number of ether oxygens (including phenoxy) is 1. The summed E-state index contributed by atoms with van der Waals surface area (Å²) in [6.07, 6.45) is 1.86. The van der Waals surface area contributed by atoms with Gasteiger partial charge in [0.1, 0.15) is 0 Å². The molecule has 5 heteroatoms. The van der Waals surface area contributed by atoms with Gasteiger partial charge in [-0.1, -0.05) is 18.2 Å². The minimum absolute atomic E-state index is 0.605. The van der Waals surface area contributed by atoms with Crippen molar-refractivity contribution in [1.29, 1.82) is 0 Å². The standard InChI is InChI=1S/C16H18N4O/c1-11-8-15(20(3)19-11)21-16-14-7-5-4-6-13(14)12(9-17-2)10-18-16/h4-8,10,17H,9H2,1-3H3. The van der Waals surface area contributed by atoms with Gasteiger partial charge >= 0.3 is 0 Å². The Balaban J connectivity index is 2.07. The van der Waals surface area contributed by atoms with Crippen LogP contribution in [0.3, 0.4) is 0 Å². The van der Waals surface area contributed by atoms with E-state index in [1.807, 2.05) is 51.5 Å². The average Bonchev–Trinajstić information content (AvgIpc) is 2.80. The van der Waals surface area contributed by atoms with Crippen molar-refractivity contribution in [1.82, 2.24) is 20.1 Å². The monoisotopic (exact) mass is 282 g/mol. The lowest BCUT2D eigenvalue weighted by atomic mass is 10.1. The molecule has 108 valence electrons. The maximum Gasteiger partial charge on any atom is 0.229 e. The van der Waals surface area contributed by atoms with Gasteiger partial charge in [0.15, 0.2) is 0 Å². The lowest BCUT2D eigenvalue weighted by molar-refractivity contribution is 0.420. The molecule has 0 saturated heterocycles. The minimum Gasteiger partial charge on any atom is -0.420 e. The maximum absolute atomic E-state index is 5.95. The van der Waals surface area contributed by atoms with Gasteiger partial charge in [-0.05, 0) is 31.0 Å². The van der Waals surface area contributed by atoms with E-state index in [0.29, 0.717) is 11.8 Å². The Labute approximate surface area is 123 Å². The topological polar surface area (TPSA) is 52.0 Å².